The molecule has 2 rings (SSSR count). The van der Waals surface area contributed by atoms with Crippen LogP contribution in [0.2, 0.25) is 0 Å². The number of halogens is 1. The summed E-state index contributed by atoms with van der Waals surface area (Å²) in [6.07, 6.45) is 6.16. The van der Waals surface area contributed by atoms with Gasteiger partial charge in [0, 0.05) is 13.0 Å². The van der Waals surface area contributed by atoms with Gasteiger partial charge >= 0.3 is 0 Å². The van der Waals surface area contributed by atoms with Gasteiger partial charge in [0.15, 0.2) is 0 Å². The second-order valence-electron chi connectivity index (χ2n) is 5.80. The van der Waals surface area contributed by atoms with Crippen molar-refractivity contribution in [1.82, 2.24) is 5.32 Å². The number of carboxylic acid groups (broad SMARTS) is 1. The number of carbonyl (C=O) groups excluding carboxylic acids is 1. The van der Waals surface area contributed by atoms with Crippen molar-refractivity contribution in [3.63, 3.8) is 0 Å². The van der Waals surface area contributed by atoms with Crippen molar-refractivity contribution in [3.05, 3.63) is 35.6 Å². The highest BCUT2D eigenvalue weighted by Crippen LogP contribution is 2.17. The molecule has 0 heterocycles. The number of nitrogens with two attached hydrogens (primary N) is 1. The second-order valence-corrected chi connectivity index (χ2v) is 5.80. The summed E-state index contributed by atoms with van der Waals surface area (Å²) < 4.78 is 12.8. The number of benzene rings is 1. The highest BCUT2D eigenvalue weighted by molar-refractivity contribution is 5.82. The van der Waals surface area contributed by atoms with E-state index >= 15 is 0 Å². The fraction of sp³-hybridized carbons (Fsp3) is 0.529. The van der Waals surface area contributed by atoms with Crippen molar-refractivity contribution < 1.29 is 19.1 Å². The number of aliphatic carboxylic acids is 1. The van der Waals surface area contributed by atoms with Gasteiger partial charge in [0.2, 0.25) is 5.91 Å². The summed E-state index contributed by atoms with van der Waals surface area (Å²) in [5.74, 6) is -1.21. The Morgan fingerprint density at radius 1 is 1.26 bits per heavy atom. The summed E-state index contributed by atoms with van der Waals surface area (Å²) in [7, 11) is 0. The third-order valence-electron chi connectivity index (χ3n) is 3.66. The Morgan fingerprint density at radius 2 is 1.78 bits per heavy atom. The van der Waals surface area contributed by atoms with E-state index in [1.807, 2.05) is 0 Å². The van der Waals surface area contributed by atoms with Gasteiger partial charge in [-0.15, -0.1) is 0 Å². The van der Waals surface area contributed by atoms with E-state index in [0.29, 0.717) is 6.42 Å². The maximum atomic E-state index is 12.8. The lowest BCUT2D eigenvalue weighted by molar-refractivity contribution is -0.134. The standard InChI is InChI=1S/C15H21FN2O.C2H4O2/c16-12-8-6-11(7-9-12)10-14(17)15(19)18-13-4-2-1-3-5-13;1-2(3)4/h6-9,13-14H,1-5,10,17H2,(H,18,19);1H3,(H,3,4)/t14-;/m0./s1. The quantitative estimate of drug-likeness (QED) is 0.792. The lowest BCUT2D eigenvalue weighted by atomic mass is 9.95. The van der Waals surface area contributed by atoms with Crippen LogP contribution in [-0.2, 0) is 16.0 Å². The first-order valence-electron chi connectivity index (χ1n) is 7.88. The summed E-state index contributed by atoms with van der Waals surface area (Å²) in [6.45, 7) is 1.08. The Bertz CT molecular complexity index is 495. The summed E-state index contributed by atoms with van der Waals surface area (Å²) in [5.41, 5.74) is 6.78. The molecule has 1 fully saturated rings. The fourth-order valence-corrected chi connectivity index (χ4v) is 2.52. The SMILES string of the molecule is CC(=O)O.N[C@@H](Cc1ccc(F)cc1)C(=O)NC1CCCCC1. The monoisotopic (exact) mass is 324 g/mol. The van der Waals surface area contributed by atoms with Crippen LogP contribution >= 0.6 is 0 Å². The number of hydrogen-bond acceptors (Lipinski definition) is 3. The molecule has 1 aliphatic carbocycles. The average Bonchev–Trinajstić information content (AvgIpc) is 2.50. The smallest absolute Gasteiger partial charge is 0.300 e. The van der Waals surface area contributed by atoms with Crippen LogP contribution in [0.1, 0.15) is 44.6 Å². The fourth-order valence-electron chi connectivity index (χ4n) is 2.52. The van der Waals surface area contributed by atoms with Crippen molar-refractivity contribution in [2.75, 3.05) is 0 Å². The van der Waals surface area contributed by atoms with Gasteiger partial charge in [-0.1, -0.05) is 31.4 Å². The predicted molar refractivity (Wildman–Crippen MR) is 86.4 cm³/mol. The van der Waals surface area contributed by atoms with Crippen LogP contribution in [0.5, 0.6) is 0 Å². The molecule has 1 aromatic carbocycles. The van der Waals surface area contributed by atoms with Gasteiger partial charge in [0.1, 0.15) is 5.82 Å². The van der Waals surface area contributed by atoms with Crippen LogP contribution in [-0.4, -0.2) is 29.1 Å². The molecule has 1 aliphatic rings. The topological polar surface area (TPSA) is 92.4 Å². The molecule has 1 atom stereocenters. The Hall–Kier alpha value is -1.95. The summed E-state index contributed by atoms with van der Waals surface area (Å²) in [4.78, 5) is 21.0. The molecule has 128 valence electrons. The van der Waals surface area contributed by atoms with E-state index in [1.54, 1.807) is 12.1 Å². The molecule has 1 saturated carbocycles. The van der Waals surface area contributed by atoms with Crippen LogP contribution in [0.3, 0.4) is 0 Å². The highest BCUT2D eigenvalue weighted by atomic mass is 19.1. The normalized spacial score (nSPS) is 16.0. The predicted octanol–water partition coefficient (Wildman–Crippen LogP) is 2.24. The van der Waals surface area contributed by atoms with Gasteiger partial charge in [-0.05, 0) is 37.0 Å². The molecule has 0 saturated heterocycles. The van der Waals surface area contributed by atoms with Crippen molar-refractivity contribution in [1.29, 1.82) is 0 Å². The maximum Gasteiger partial charge on any atom is 0.300 e. The second kappa shape index (κ2) is 9.94. The van der Waals surface area contributed by atoms with E-state index in [9.17, 15) is 9.18 Å². The molecule has 1 aromatic rings. The molecule has 23 heavy (non-hydrogen) atoms. The van der Waals surface area contributed by atoms with Crippen molar-refractivity contribution in [3.8, 4) is 0 Å². The Balaban J connectivity index is 0.000000593. The first-order chi connectivity index (χ1) is 10.9. The molecule has 5 nitrogen and oxygen atoms in total. The molecule has 0 radical (unpaired) electrons. The first kappa shape index (κ1) is 19.1. The van der Waals surface area contributed by atoms with Gasteiger partial charge in [-0.3, -0.25) is 9.59 Å². The molecular formula is C17H25FN2O3. The van der Waals surface area contributed by atoms with Crippen LogP contribution in [0.25, 0.3) is 0 Å². The van der Waals surface area contributed by atoms with Crippen LogP contribution in [0.15, 0.2) is 24.3 Å². The number of nitrogens with one attached hydrogen (secondary N) is 1. The van der Waals surface area contributed by atoms with E-state index in [4.69, 9.17) is 15.6 Å². The Morgan fingerprint density at radius 3 is 2.30 bits per heavy atom. The minimum Gasteiger partial charge on any atom is -0.481 e. The van der Waals surface area contributed by atoms with Crippen LogP contribution in [0, 0.1) is 5.82 Å². The molecule has 0 aliphatic heterocycles. The lowest BCUT2D eigenvalue weighted by Crippen LogP contribution is -2.46. The van der Waals surface area contributed by atoms with Crippen LogP contribution in [0.4, 0.5) is 4.39 Å². The highest BCUT2D eigenvalue weighted by Gasteiger charge is 2.20. The third-order valence-corrected chi connectivity index (χ3v) is 3.66. The van der Waals surface area contributed by atoms with Crippen molar-refractivity contribution in [2.45, 2.75) is 57.5 Å². The largest absolute Gasteiger partial charge is 0.481 e. The van der Waals surface area contributed by atoms with E-state index in [2.05, 4.69) is 5.32 Å². The van der Waals surface area contributed by atoms with Gasteiger partial charge < -0.3 is 16.2 Å². The molecule has 0 bridgehead atoms. The zero-order chi connectivity index (χ0) is 17.2. The molecule has 0 aromatic heterocycles. The molecular weight excluding hydrogens is 299 g/mol. The molecule has 0 unspecified atom stereocenters. The molecule has 6 heteroatoms. The van der Waals surface area contributed by atoms with E-state index in [0.717, 1.165) is 25.3 Å². The van der Waals surface area contributed by atoms with Gasteiger partial charge in [0.25, 0.3) is 5.97 Å². The Labute approximate surface area is 136 Å². The van der Waals surface area contributed by atoms with E-state index < -0.39 is 12.0 Å². The van der Waals surface area contributed by atoms with Crippen molar-refractivity contribution >= 4 is 11.9 Å². The molecule has 4 N–H and O–H groups in total. The van der Waals surface area contributed by atoms with Gasteiger partial charge in [0.05, 0.1) is 6.04 Å². The average molecular weight is 324 g/mol. The minimum absolute atomic E-state index is 0.101. The van der Waals surface area contributed by atoms with Crippen LogP contribution < -0.4 is 11.1 Å². The zero-order valence-corrected chi connectivity index (χ0v) is 13.4. The summed E-state index contributed by atoms with van der Waals surface area (Å²) in [6, 6.07) is 5.84. The van der Waals surface area contributed by atoms with E-state index in [1.165, 1.54) is 31.4 Å². The van der Waals surface area contributed by atoms with Crippen molar-refractivity contribution in [2.24, 2.45) is 5.73 Å². The maximum absolute atomic E-state index is 12.8. The zero-order valence-electron chi connectivity index (χ0n) is 13.4. The number of amides is 1. The van der Waals surface area contributed by atoms with Gasteiger partial charge in [-0.25, -0.2) is 4.39 Å². The molecule has 0 spiro atoms. The van der Waals surface area contributed by atoms with Gasteiger partial charge in [-0.2, -0.15) is 0 Å². The Kier molecular flexibility index (Phi) is 8.26. The first-order valence-corrected chi connectivity index (χ1v) is 7.88. The minimum atomic E-state index is -0.833. The number of carboxylic acids is 1. The third kappa shape index (κ3) is 8.30. The number of hydrogen-bond donors (Lipinski definition) is 3. The lowest BCUT2D eigenvalue weighted by Gasteiger charge is -2.24. The number of carbonyl (C=O) groups is 2. The summed E-state index contributed by atoms with van der Waals surface area (Å²) in [5, 5.41) is 10.4. The van der Waals surface area contributed by atoms with E-state index in [-0.39, 0.29) is 17.8 Å². The summed E-state index contributed by atoms with van der Waals surface area (Å²) >= 11 is 0. The molecule has 1 amide bonds. The number of rotatable bonds is 4.